The summed E-state index contributed by atoms with van der Waals surface area (Å²) in [5.41, 5.74) is 6.35. The number of hydrogen-bond acceptors (Lipinski definition) is 1. The van der Waals surface area contributed by atoms with Crippen molar-refractivity contribution in [3.05, 3.63) is 58.1 Å². The molecule has 0 fully saturated rings. The van der Waals surface area contributed by atoms with E-state index in [1.165, 1.54) is 27.8 Å². The van der Waals surface area contributed by atoms with Gasteiger partial charge in [0.15, 0.2) is 0 Å². The van der Waals surface area contributed by atoms with E-state index in [9.17, 15) is 0 Å². The van der Waals surface area contributed by atoms with Crippen molar-refractivity contribution in [3.63, 3.8) is 0 Å². The predicted octanol–water partition coefficient (Wildman–Crippen LogP) is 4.34. The van der Waals surface area contributed by atoms with Gasteiger partial charge in [0.1, 0.15) is 0 Å². The first-order valence-electron chi connectivity index (χ1n) is 6.12. The summed E-state index contributed by atoms with van der Waals surface area (Å²) in [6.07, 6.45) is 0. The van der Waals surface area contributed by atoms with Gasteiger partial charge in [-0.2, -0.15) is 0 Å². The summed E-state index contributed by atoms with van der Waals surface area (Å²) < 4.78 is 0. The zero-order chi connectivity index (χ0) is 13.1. The van der Waals surface area contributed by atoms with Gasteiger partial charge >= 0.3 is 0 Å². The Bertz CT molecular complexity index is 561. The van der Waals surface area contributed by atoms with E-state index in [0.717, 1.165) is 11.6 Å². The molecule has 0 radical (unpaired) electrons. The maximum absolute atomic E-state index is 6.08. The first-order valence-corrected chi connectivity index (χ1v) is 6.50. The van der Waals surface area contributed by atoms with E-state index in [2.05, 4.69) is 43.4 Å². The van der Waals surface area contributed by atoms with Crippen LogP contribution in [0.25, 0.3) is 11.1 Å². The number of nitrogens with one attached hydrogen (secondary N) is 1. The lowest BCUT2D eigenvalue weighted by atomic mass is 9.94. The number of hydrogen-bond donors (Lipinski definition) is 1. The summed E-state index contributed by atoms with van der Waals surface area (Å²) in [5.74, 6) is 0. The Morgan fingerprint density at radius 3 is 2.50 bits per heavy atom. The first-order chi connectivity index (χ1) is 8.61. The Kier molecular flexibility index (Phi) is 4.05. The molecule has 0 unspecified atom stereocenters. The van der Waals surface area contributed by atoms with Crippen LogP contribution in [0.4, 0.5) is 0 Å². The van der Waals surface area contributed by atoms with E-state index in [4.69, 9.17) is 11.6 Å². The zero-order valence-corrected chi connectivity index (χ0v) is 11.8. The Balaban J connectivity index is 2.58. The van der Waals surface area contributed by atoms with Gasteiger partial charge in [-0.05, 0) is 55.3 Å². The molecule has 2 aromatic rings. The Labute approximate surface area is 114 Å². The standard InChI is InChI=1S/C16H18ClN/c1-11-4-5-12(2)16(8-11)15-7-6-14(17)9-13(15)10-18-3/h4-9,18H,10H2,1-3H3. The second-order valence-corrected chi connectivity index (χ2v) is 5.09. The third-order valence-electron chi connectivity index (χ3n) is 3.12. The van der Waals surface area contributed by atoms with Gasteiger partial charge in [0.25, 0.3) is 0 Å². The van der Waals surface area contributed by atoms with Crippen LogP contribution in [0, 0.1) is 13.8 Å². The molecule has 2 heteroatoms. The molecule has 0 aromatic heterocycles. The van der Waals surface area contributed by atoms with Crippen LogP contribution in [0.5, 0.6) is 0 Å². The normalized spacial score (nSPS) is 10.7. The van der Waals surface area contributed by atoms with Crippen LogP contribution in [0.1, 0.15) is 16.7 Å². The van der Waals surface area contributed by atoms with Crippen LogP contribution in [0.2, 0.25) is 5.02 Å². The minimum absolute atomic E-state index is 0.786. The van der Waals surface area contributed by atoms with Gasteiger partial charge < -0.3 is 5.32 Å². The van der Waals surface area contributed by atoms with Gasteiger partial charge in [0, 0.05) is 11.6 Å². The second-order valence-electron chi connectivity index (χ2n) is 4.65. The molecule has 1 N–H and O–H groups in total. The minimum atomic E-state index is 0.786. The van der Waals surface area contributed by atoms with Gasteiger partial charge in [0.05, 0.1) is 0 Å². The highest BCUT2D eigenvalue weighted by atomic mass is 35.5. The molecule has 0 saturated heterocycles. The number of rotatable bonds is 3. The molecular weight excluding hydrogens is 242 g/mol. The Morgan fingerprint density at radius 1 is 1.00 bits per heavy atom. The molecule has 0 aliphatic rings. The summed E-state index contributed by atoms with van der Waals surface area (Å²) >= 11 is 6.08. The summed E-state index contributed by atoms with van der Waals surface area (Å²) in [4.78, 5) is 0. The lowest BCUT2D eigenvalue weighted by Gasteiger charge is -2.13. The van der Waals surface area contributed by atoms with Crippen LogP contribution >= 0.6 is 11.6 Å². The molecule has 1 nitrogen and oxygen atoms in total. The van der Waals surface area contributed by atoms with Crippen LogP contribution < -0.4 is 5.32 Å². The number of benzene rings is 2. The van der Waals surface area contributed by atoms with Crippen molar-refractivity contribution >= 4 is 11.6 Å². The van der Waals surface area contributed by atoms with E-state index in [1.54, 1.807) is 0 Å². The number of aryl methyl sites for hydroxylation is 2. The fraction of sp³-hybridized carbons (Fsp3) is 0.250. The Hall–Kier alpha value is -1.31. The average Bonchev–Trinajstić information content (AvgIpc) is 2.33. The maximum atomic E-state index is 6.08. The largest absolute Gasteiger partial charge is 0.316 e. The van der Waals surface area contributed by atoms with Crippen molar-refractivity contribution in [3.8, 4) is 11.1 Å². The quantitative estimate of drug-likeness (QED) is 0.865. The molecule has 2 aromatic carbocycles. The van der Waals surface area contributed by atoms with Crippen molar-refractivity contribution in [1.29, 1.82) is 0 Å². The molecule has 18 heavy (non-hydrogen) atoms. The molecular formula is C16H18ClN. The van der Waals surface area contributed by atoms with Crippen LogP contribution in [-0.4, -0.2) is 7.05 Å². The molecule has 0 atom stereocenters. The van der Waals surface area contributed by atoms with Gasteiger partial charge in [-0.1, -0.05) is 41.4 Å². The van der Waals surface area contributed by atoms with Crippen molar-refractivity contribution < 1.29 is 0 Å². The Morgan fingerprint density at radius 2 is 1.78 bits per heavy atom. The van der Waals surface area contributed by atoms with Crippen molar-refractivity contribution in [2.75, 3.05) is 7.05 Å². The average molecular weight is 260 g/mol. The summed E-state index contributed by atoms with van der Waals surface area (Å²) in [6.45, 7) is 5.09. The lowest BCUT2D eigenvalue weighted by molar-refractivity contribution is 0.819. The van der Waals surface area contributed by atoms with E-state index in [-0.39, 0.29) is 0 Å². The third kappa shape index (κ3) is 2.74. The molecule has 2 rings (SSSR count). The zero-order valence-electron chi connectivity index (χ0n) is 11.0. The molecule has 94 valence electrons. The molecule has 0 saturated carbocycles. The van der Waals surface area contributed by atoms with Crippen LogP contribution in [0.3, 0.4) is 0 Å². The highest BCUT2D eigenvalue weighted by Gasteiger charge is 2.08. The van der Waals surface area contributed by atoms with E-state index in [1.807, 2.05) is 19.2 Å². The molecule has 0 amide bonds. The van der Waals surface area contributed by atoms with Crippen molar-refractivity contribution in [1.82, 2.24) is 5.32 Å². The molecule has 0 bridgehead atoms. The fourth-order valence-corrected chi connectivity index (χ4v) is 2.38. The monoisotopic (exact) mass is 259 g/mol. The van der Waals surface area contributed by atoms with Gasteiger partial charge in [-0.3, -0.25) is 0 Å². The lowest BCUT2D eigenvalue weighted by Crippen LogP contribution is -2.06. The van der Waals surface area contributed by atoms with E-state index in [0.29, 0.717) is 0 Å². The topological polar surface area (TPSA) is 12.0 Å². The molecule has 0 aliphatic heterocycles. The third-order valence-corrected chi connectivity index (χ3v) is 3.35. The SMILES string of the molecule is CNCc1cc(Cl)ccc1-c1cc(C)ccc1C. The molecule has 0 aliphatic carbocycles. The molecule has 0 spiro atoms. The van der Waals surface area contributed by atoms with Crippen molar-refractivity contribution in [2.45, 2.75) is 20.4 Å². The van der Waals surface area contributed by atoms with Crippen LogP contribution in [-0.2, 0) is 6.54 Å². The summed E-state index contributed by atoms with van der Waals surface area (Å²) in [6, 6.07) is 12.6. The number of halogens is 1. The predicted molar refractivity (Wildman–Crippen MR) is 79.1 cm³/mol. The molecule has 0 heterocycles. The van der Waals surface area contributed by atoms with Crippen LogP contribution in [0.15, 0.2) is 36.4 Å². The van der Waals surface area contributed by atoms with E-state index >= 15 is 0 Å². The van der Waals surface area contributed by atoms with Gasteiger partial charge in [-0.25, -0.2) is 0 Å². The van der Waals surface area contributed by atoms with Gasteiger partial charge in [-0.15, -0.1) is 0 Å². The highest BCUT2D eigenvalue weighted by molar-refractivity contribution is 6.30. The summed E-state index contributed by atoms with van der Waals surface area (Å²) in [5, 5.41) is 3.98. The smallest absolute Gasteiger partial charge is 0.0409 e. The minimum Gasteiger partial charge on any atom is -0.316 e. The maximum Gasteiger partial charge on any atom is 0.0409 e. The highest BCUT2D eigenvalue weighted by Crippen LogP contribution is 2.29. The van der Waals surface area contributed by atoms with E-state index < -0.39 is 0 Å². The van der Waals surface area contributed by atoms with Gasteiger partial charge in [0.2, 0.25) is 0 Å². The van der Waals surface area contributed by atoms with Crippen molar-refractivity contribution in [2.24, 2.45) is 0 Å². The summed E-state index contributed by atoms with van der Waals surface area (Å²) in [7, 11) is 1.95. The first kappa shape index (κ1) is 13.1. The second kappa shape index (κ2) is 5.55. The fourth-order valence-electron chi connectivity index (χ4n) is 2.19.